The summed E-state index contributed by atoms with van der Waals surface area (Å²) in [7, 11) is 1.55. The van der Waals surface area contributed by atoms with Gasteiger partial charge >= 0.3 is 0 Å². The summed E-state index contributed by atoms with van der Waals surface area (Å²) in [6.45, 7) is 1.30. The van der Waals surface area contributed by atoms with Gasteiger partial charge in [0.05, 0.1) is 16.7 Å². The number of methoxy groups -OCH3 is 1. The second-order valence-electron chi connectivity index (χ2n) is 6.40. The van der Waals surface area contributed by atoms with Gasteiger partial charge in [-0.1, -0.05) is 47.5 Å². The van der Waals surface area contributed by atoms with Gasteiger partial charge in [0.1, 0.15) is 11.6 Å². The Morgan fingerprint density at radius 2 is 2.03 bits per heavy atom. The van der Waals surface area contributed by atoms with E-state index in [0.717, 1.165) is 22.0 Å². The van der Waals surface area contributed by atoms with E-state index in [1.165, 1.54) is 0 Å². The minimum atomic E-state index is -0.425. The summed E-state index contributed by atoms with van der Waals surface area (Å²) >= 11 is 12.1. The molecule has 0 fully saturated rings. The molecular weight excluding hydrogens is 409 g/mol. The van der Waals surface area contributed by atoms with Crippen molar-refractivity contribution < 1.29 is 9.53 Å². The van der Waals surface area contributed by atoms with Crippen LogP contribution < -0.4 is 5.32 Å². The SMILES string of the molecule is COCCNC(=O)C(C#N)=Cc1cn(Cc2ccc(Cl)c(Cl)c2)c2ccccc12. The fourth-order valence-corrected chi connectivity index (χ4v) is 3.34. The van der Waals surface area contributed by atoms with Gasteiger partial charge in [0.2, 0.25) is 0 Å². The largest absolute Gasteiger partial charge is 0.383 e. The molecule has 3 aromatic rings. The van der Waals surface area contributed by atoms with Crippen LogP contribution in [-0.2, 0) is 16.1 Å². The van der Waals surface area contributed by atoms with E-state index >= 15 is 0 Å². The van der Waals surface area contributed by atoms with Crippen LogP contribution >= 0.6 is 23.2 Å². The van der Waals surface area contributed by atoms with Crippen molar-refractivity contribution in [1.29, 1.82) is 5.26 Å². The summed E-state index contributed by atoms with van der Waals surface area (Å²) in [4.78, 5) is 12.3. The van der Waals surface area contributed by atoms with Crippen molar-refractivity contribution in [2.75, 3.05) is 20.3 Å². The molecule has 5 nitrogen and oxygen atoms in total. The Morgan fingerprint density at radius 1 is 1.24 bits per heavy atom. The number of halogens is 2. The van der Waals surface area contributed by atoms with Crippen LogP contribution in [0.2, 0.25) is 10.0 Å². The maximum Gasteiger partial charge on any atom is 0.262 e. The quantitative estimate of drug-likeness (QED) is 0.338. The number of benzene rings is 2. The molecule has 0 bridgehead atoms. The maximum absolute atomic E-state index is 12.3. The van der Waals surface area contributed by atoms with E-state index in [1.807, 2.05) is 48.7 Å². The van der Waals surface area contributed by atoms with Gasteiger partial charge in [0.25, 0.3) is 5.91 Å². The molecule has 0 radical (unpaired) electrons. The number of aromatic nitrogens is 1. The van der Waals surface area contributed by atoms with Crippen molar-refractivity contribution in [2.24, 2.45) is 0 Å². The summed E-state index contributed by atoms with van der Waals surface area (Å²) in [5, 5.41) is 14.1. The van der Waals surface area contributed by atoms with E-state index in [4.69, 9.17) is 27.9 Å². The fourth-order valence-electron chi connectivity index (χ4n) is 3.02. The third kappa shape index (κ3) is 4.99. The van der Waals surface area contributed by atoms with Gasteiger partial charge in [-0.25, -0.2) is 0 Å². The van der Waals surface area contributed by atoms with Gasteiger partial charge in [0, 0.05) is 42.9 Å². The summed E-state index contributed by atoms with van der Waals surface area (Å²) in [5.74, 6) is -0.425. The zero-order valence-corrected chi connectivity index (χ0v) is 17.3. The Hall–Kier alpha value is -2.78. The van der Waals surface area contributed by atoms with Crippen LogP contribution in [0.3, 0.4) is 0 Å². The van der Waals surface area contributed by atoms with Crippen LogP contribution in [0.1, 0.15) is 11.1 Å². The normalized spacial score (nSPS) is 11.4. The van der Waals surface area contributed by atoms with Gasteiger partial charge in [-0.05, 0) is 29.8 Å². The second-order valence-corrected chi connectivity index (χ2v) is 7.21. The smallest absolute Gasteiger partial charge is 0.262 e. The van der Waals surface area contributed by atoms with Gasteiger partial charge in [0.15, 0.2) is 0 Å². The van der Waals surface area contributed by atoms with Crippen molar-refractivity contribution in [1.82, 2.24) is 9.88 Å². The molecule has 3 rings (SSSR count). The van der Waals surface area contributed by atoms with Gasteiger partial charge < -0.3 is 14.6 Å². The first-order valence-electron chi connectivity index (χ1n) is 8.94. The molecule has 2 aromatic carbocycles. The number of hydrogen-bond donors (Lipinski definition) is 1. The molecule has 0 aliphatic rings. The summed E-state index contributed by atoms with van der Waals surface area (Å²) in [5.41, 5.74) is 2.81. The van der Waals surface area contributed by atoms with E-state index in [2.05, 4.69) is 9.88 Å². The van der Waals surface area contributed by atoms with E-state index in [0.29, 0.717) is 29.7 Å². The molecule has 0 spiro atoms. The van der Waals surface area contributed by atoms with Crippen LogP contribution in [0, 0.1) is 11.3 Å². The highest BCUT2D eigenvalue weighted by atomic mass is 35.5. The van der Waals surface area contributed by atoms with Crippen LogP contribution in [0.5, 0.6) is 0 Å². The molecule has 7 heteroatoms. The Kier molecular flexibility index (Phi) is 6.95. The topological polar surface area (TPSA) is 67.0 Å². The Balaban J connectivity index is 1.95. The lowest BCUT2D eigenvalue weighted by molar-refractivity contribution is -0.117. The molecule has 0 aliphatic heterocycles. The molecule has 1 aromatic heterocycles. The first kappa shape index (κ1) is 20.9. The van der Waals surface area contributed by atoms with Crippen LogP contribution in [0.4, 0.5) is 0 Å². The minimum absolute atomic E-state index is 0.0403. The van der Waals surface area contributed by atoms with Gasteiger partial charge in [-0.3, -0.25) is 4.79 Å². The van der Waals surface area contributed by atoms with E-state index in [9.17, 15) is 10.1 Å². The van der Waals surface area contributed by atoms with E-state index in [-0.39, 0.29) is 5.57 Å². The number of para-hydroxylation sites is 1. The zero-order valence-electron chi connectivity index (χ0n) is 15.8. The number of rotatable bonds is 7. The maximum atomic E-state index is 12.3. The monoisotopic (exact) mass is 427 g/mol. The van der Waals surface area contributed by atoms with E-state index in [1.54, 1.807) is 19.3 Å². The predicted molar refractivity (Wildman–Crippen MR) is 116 cm³/mol. The van der Waals surface area contributed by atoms with Crippen molar-refractivity contribution in [3.63, 3.8) is 0 Å². The average molecular weight is 428 g/mol. The number of ether oxygens (including phenoxy) is 1. The number of carbonyl (C=O) groups excluding carboxylic acids is 1. The Bertz CT molecular complexity index is 1110. The standard InChI is InChI=1S/C22H19Cl2N3O2/c1-29-9-8-26-22(28)16(12-25)11-17-14-27(21-5-3-2-4-18(17)21)13-15-6-7-19(23)20(24)10-15/h2-7,10-11,14H,8-9,13H2,1H3,(H,26,28). The molecule has 0 atom stereocenters. The molecular formula is C22H19Cl2N3O2. The number of nitrogens with zero attached hydrogens (tertiary/aromatic N) is 2. The summed E-state index contributed by atoms with van der Waals surface area (Å²) in [6.07, 6.45) is 3.53. The van der Waals surface area contributed by atoms with Gasteiger partial charge in [-0.15, -0.1) is 0 Å². The highest BCUT2D eigenvalue weighted by Gasteiger charge is 2.12. The first-order chi connectivity index (χ1) is 14.0. The van der Waals surface area contributed by atoms with Crippen LogP contribution in [-0.4, -0.2) is 30.7 Å². The third-order valence-corrected chi connectivity index (χ3v) is 5.15. The summed E-state index contributed by atoms with van der Waals surface area (Å²) < 4.78 is 6.97. The molecule has 0 unspecified atom stereocenters. The molecule has 0 saturated heterocycles. The lowest BCUT2D eigenvalue weighted by Gasteiger charge is -2.06. The number of amides is 1. The zero-order chi connectivity index (χ0) is 20.8. The number of carbonyl (C=O) groups is 1. The van der Waals surface area contributed by atoms with Crippen molar-refractivity contribution in [3.8, 4) is 6.07 Å². The molecule has 1 amide bonds. The predicted octanol–water partition coefficient (Wildman–Crippen LogP) is 4.67. The Morgan fingerprint density at radius 3 is 2.76 bits per heavy atom. The first-order valence-corrected chi connectivity index (χ1v) is 9.70. The van der Waals surface area contributed by atoms with Crippen LogP contribution in [0.25, 0.3) is 17.0 Å². The fraction of sp³-hybridized carbons (Fsp3) is 0.182. The highest BCUT2D eigenvalue weighted by molar-refractivity contribution is 6.42. The molecule has 29 heavy (non-hydrogen) atoms. The molecule has 1 N–H and O–H groups in total. The minimum Gasteiger partial charge on any atom is -0.383 e. The van der Waals surface area contributed by atoms with Crippen molar-refractivity contribution >= 4 is 46.1 Å². The lowest BCUT2D eigenvalue weighted by Crippen LogP contribution is -2.27. The highest BCUT2D eigenvalue weighted by Crippen LogP contribution is 2.27. The number of nitrogens with one attached hydrogen (secondary N) is 1. The Labute approximate surface area is 179 Å². The van der Waals surface area contributed by atoms with E-state index < -0.39 is 5.91 Å². The summed E-state index contributed by atoms with van der Waals surface area (Å²) in [6, 6.07) is 15.3. The molecule has 1 heterocycles. The molecule has 0 saturated carbocycles. The number of fused-ring (bicyclic) bond motifs is 1. The second kappa shape index (κ2) is 9.62. The average Bonchev–Trinajstić information content (AvgIpc) is 3.06. The third-order valence-electron chi connectivity index (χ3n) is 4.41. The molecule has 148 valence electrons. The molecule has 0 aliphatic carbocycles. The van der Waals surface area contributed by atoms with Crippen molar-refractivity contribution in [2.45, 2.75) is 6.54 Å². The van der Waals surface area contributed by atoms with Gasteiger partial charge in [-0.2, -0.15) is 5.26 Å². The van der Waals surface area contributed by atoms with Crippen molar-refractivity contribution in [3.05, 3.63) is 75.4 Å². The number of nitriles is 1. The van der Waals surface area contributed by atoms with Crippen LogP contribution in [0.15, 0.2) is 54.2 Å². The lowest BCUT2D eigenvalue weighted by atomic mass is 10.1. The number of hydrogen-bond acceptors (Lipinski definition) is 3.